The van der Waals surface area contributed by atoms with Crippen LogP contribution in [0.1, 0.15) is 0 Å². The van der Waals surface area contributed by atoms with Crippen molar-refractivity contribution in [2.75, 3.05) is 0 Å². The molecule has 0 radical (unpaired) electrons. The van der Waals surface area contributed by atoms with Crippen LogP contribution in [0.2, 0.25) is 5.02 Å². The summed E-state index contributed by atoms with van der Waals surface area (Å²) in [4.78, 5) is 12.8. The van der Waals surface area contributed by atoms with Crippen LogP contribution in [-0.2, 0) is 0 Å². The van der Waals surface area contributed by atoms with Gasteiger partial charge in [-0.3, -0.25) is 4.98 Å². The second kappa shape index (κ2) is 8.62. The average Bonchev–Trinajstić information content (AvgIpc) is 3.35. The van der Waals surface area contributed by atoms with E-state index in [9.17, 15) is 0 Å². The average molecular weight is 458 g/mol. The van der Waals surface area contributed by atoms with Crippen molar-refractivity contribution in [2.24, 2.45) is 0 Å². The predicted octanol–water partition coefficient (Wildman–Crippen LogP) is 8.28. The third kappa shape index (κ3) is 3.76. The van der Waals surface area contributed by atoms with Gasteiger partial charge in [0.25, 0.3) is 0 Å². The molecule has 6 aromatic rings. The molecule has 0 unspecified atom stereocenters. The number of halogens is 1. The number of rotatable bonds is 4. The van der Waals surface area contributed by atoms with Crippen molar-refractivity contribution in [1.82, 2.24) is 15.0 Å². The van der Waals surface area contributed by atoms with Gasteiger partial charge in [0, 0.05) is 34.1 Å². The lowest BCUT2D eigenvalue weighted by molar-refractivity contribution is 1.30. The molecule has 34 heavy (non-hydrogen) atoms. The van der Waals surface area contributed by atoms with E-state index in [4.69, 9.17) is 16.6 Å². The topological polar surface area (TPSA) is 41.6 Å². The zero-order chi connectivity index (χ0) is 22.9. The molecule has 0 amide bonds. The number of nitrogens with zero attached hydrogens (tertiary/aromatic N) is 2. The van der Waals surface area contributed by atoms with Gasteiger partial charge < -0.3 is 4.98 Å². The summed E-state index contributed by atoms with van der Waals surface area (Å²) >= 11 is 6.11. The van der Waals surface area contributed by atoms with Crippen LogP contribution in [0.5, 0.6) is 0 Å². The third-order valence-electron chi connectivity index (χ3n) is 6.03. The van der Waals surface area contributed by atoms with Crippen LogP contribution in [0.3, 0.4) is 0 Å². The third-order valence-corrected chi connectivity index (χ3v) is 6.28. The van der Waals surface area contributed by atoms with Gasteiger partial charge >= 0.3 is 0 Å². The molecule has 4 heteroatoms. The van der Waals surface area contributed by atoms with Crippen molar-refractivity contribution in [3.63, 3.8) is 0 Å². The molecule has 2 aromatic heterocycles. The highest BCUT2D eigenvalue weighted by molar-refractivity contribution is 6.30. The van der Waals surface area contributed by atoms with Gasteiger partial charge in [-0.05, 0) is 64.4 Å². The van der Waals surface area contributed by atoms with Gasteiger partial charge in [-0.25, -0.2) is 4.98 Å². The number of nitrogens with one attached hydrogen (secondary N) is 1. The lowest BCUT2D eigenvalue weighted by Gasteiger charge is -2.09. The maximum absolute atomic E-state index is 6.11. The summed E-state index contributed by atoms with van der Waals surface area (Å²) in [5.41, 5.74) is 7.30. The molecule has 0 aliphatic rings. The van der Waals surface area contributed by atoms with Gasteiger partial charge in [-0.2, -0.15) is 0 Å². The van der Waals surface area contributed by atoms with E-state index in [1.54, 1.807) is 12.4 Å². The van der Waals surface area contributed by atoms with E-state index < -0.39 is 0 Å². The Morgan fingerprint density at radius 1 is 0.618 bits per heavy atom. The van der Waals surface area contributed by atoms with Crippen LogP contribution >= 0.6 is 11.6 Å². The van der Waals surface area contributed by atoms with Crippen molar-refractivity contribution in [3.8, 4) is 45.0 Å². The number of pyridine rings is 1. The minimum absolute atomic E-state index is 0.702. The van der Waals surface area contributed by atoms with E-state index in [1.165, 1.54) is 16.3 Å². The molecule has 0 bridgehead atoms. The van der Waals surface area contributed by atoms with Crippen molar-refractivity contribution in [1.29, 1.82) is 0 Å². The van der Waals surface area contributed by atoms with Crippen LogP contribution < -0.4 is 0 Å². The zero-order valence-electron chi connectivity index (χ0n) is 18.2. The van der Waals surface area contributed by atoms with Crippen LogP contribution in [0.25, 0.3) is 55.8 Å². The minimum Gasteiger partial charge on any atom is -0.337 e. The van der Waals surface area contributed by atoms with Gasteiger partial charge in [0.1, 0.15) is 5.82 Å². The molecule has 0 saturated carbocycles. The number of H-pyrrole nitrogens is 1. The molecule has 6 rings (SSSR count). The molecule has 162 valence electrons. The van der Waals surface area contributed by atoms with Gasteiger partial charge in [0.05, 0.1) is 11.4 Å². The van der Waals surface area contributed by atoms with Gasteiger partial charge in [-0.1, -0.05) is 72.3 Å². The number of fused-ring (bicyclic) bond motifs is 1. The van der Waals surface area contributed by atoms with E-state index in [0.717, 1.165) is 39.5 Å². The SMILES string of the molecule is Clc1ccc(-c2nc(-c3cccc(-c4cccc5ccccc45)c3)c(-c3ccncc3)[nH]2)cc1. The Kier molecular flexibility index (Phi) is 5.17. The molecule has 0 aliphatic heterocycles. The number of hydrogen-bond acceptors (Lipinski definition) is 2. The fraction of sp³-hybridized carbons (Fsp3) is 0. The van der Waals surface area contributed by atoms with E-state index in [-0.39, 0.29) is 0 Å². The molecular weight excluding hydrogens is 438 g/mol. The quantitative estimate of drug-likeness (QED) is 0.289. The summed E-state index contributed by atoms with van der Waals surface area (Å²) in [7, 11) is 0. The number of aromatic amines is 1. The summed E-state index contributed by atoms with van der Waals surface area (Å²) < 4.78 is 0. The van der Waals surface area contributed by atoms with Crippen molar-refractivity contribution in [3.05, 3.63) is 121 Å². The first-order valence-corrected chi connectivity index (χ1v) is 11.5. The first kappa shape index (κ1) is 20.4. The molecule has 0 spiro atoms. The Bertz CT molecular complexity index is 1600. The summed E-state index contributed by atoms with van der Waals surface area (Å²) in [6.07, 6.45) is 3.60. The van der Waals surface area contributed by atoms with Gasteiger partial charge in [-0.15, -0.1) is 0 Å². The first-order chi connectivity index (χ1) is 16.8. The molecule has 0 atom stereocenters. The van der Waals surface area contributed by atoms with E-state index in [1.807, 2.05) is 36.4 Å². The Morgan fingerprint density at radius 3 is 2.21 bits per heavy atom. The van der Waals surface area contributed by atoms with Gasteiger partial charge in [0.15, 0.2) is 0 Å². The van der Waals surface area contributed by atoms with Crippen LogP contribution in [-0.4, -0.2) is 15.0 Å². The fourth-order valence-corrected chi connectivity index (χ4v) is 4.49. The Balaban J connectivity index is 1.52. The number of aromatic nitrogens is 3. The van der Waals surface area contributed by atoms with Gasteiger partial charge in [0.2, 0.25) is 0 Å². The van der Waals surface area contributed by atoms with E-state index in [2.05, 4.69) is 76.7 Å². The molecule has 0 fully saturated rings. The number of hydrogen-bond donors (Lipinski definition) is 1. The molecule has 0 aliphatic carbocycles. The maximum atomic E-state index is 6.11. The van der Waals surface area contributed by atoms with Crippen LogP contribution in [0, 0.1) is 0 Å². The largest absolute Gasteiger partial charge is 0.337 e. The maximum Gasteiger partial charge on any atom is 0.138 e. The molecule has 3 nitrogen and oxygen atoms in total. The first-order valence-electron chi connectivity index (χ1n) is 11.1. The minimum atomic E-state index is 0.702. The Hall–Kier alpha value is -4.21. The second-order valence-corrected chi connectivity index (χ2v) is 8.60. The Morgan fingerprint density at radius 2 is 1.35 bits per heavy atom. The molecule has 2 heterocycles. The van der Waals surface area contributed by atoms with E-state index >= 15 is 0 Å². The highest BCUT2D eigenvalue weighted by atomic mass is 35.5. The summed E-state index contributed by atoms with van der Waals surface area (Å²) in [6, 6.07) is 35.2. The van der Waals surface area contributed by atoms with Crippen molar-refractivity contribution < 1.29 is 0 Å². The second-order valence-electron chi connectivity index (χ2n) is 8.16. The van der Waals surface area contributed by atoms with Crippen LogP contribution in [0.15, 0.2) is 116 Å². The predicted molar refractivity (Wildman–Crippen MR) is 141 cm³/mol. The smallest absolute Gasteiger partial charge is 0.138 e. The monoisotopic (exact) mass is 457 g/mol. The fourth-order valence-electron chi connectivity index (χ4n) is 4.37. The summed E-state index contributed by atoms with van der Waals surface area (Å²) in [6.45, 7) is 0. The standard InChI is InChI=1S/C30H20ClN3/c31-25-13-11-22(12-14-25)30-33-28(21-15-17-32-18-16-21)29(34-30)24-8-3-7-23(19-24)27-10-4-6-20-5-1-2-9-26(20)27/h1-19H,(H,33,34). The molecular formula is C30H20ClN3. The zero-order valence-corrected chi connectivity index (χ0v) is 19.0. The number of imidazole rings is 1. The highest BCUT2D eigenvalue weighted by Gasteiger charge is 2.16. The highest BCUT2D eigenvalue weighted by Crippen LogP contribution is 2.36. The summed E-state index contributed by atoms with van der Waals surface area (Å²) in [5.74, 6) is 0.800. The molecule has 0 saturated heterocycles. The van der Waals surface area contributed by atoms with Crippen molar-refractivity contribution >= 4 is 22.4 Å². The summed E-state index contributed by atoms with van der Waals surface area (Å²) in [5, 5.41) is 3.17. The number of benzene rings is 4. The molecule has 4 aromatic carbocycles. The van der Waals surface area contributed by atoms with Crippen molar-refractivity contribution in [2.45, 2.75) is 0 Å². The van der Waals surface area contributed by atoms with E-state index in [0.29, 0.717) is 5.02 Å². The van der Waals surface area contributed by atoms with Crippen LogP contribution in [0.4, 0.5) is 0 Å². The normalized spacial score (nSPS) is 11.1. The molecule has 1 N–H and O–H groups in total. The lowest BCUT2D eigenvalue weighted by atomic mass is 9.96. The Labute approximate surface area is 202 Å². The lowest BCUT2D eigenvalue weighted by Crippen LogP contribution is -1.86.